The molecule has 0 spiro atoms. The summed E-state index contributed by atoms with van der Waals surface area (Å²) in [5, 5.41) is 7.02. The van der Waals surface area contributed by atoms with Crippen LogP contribution in [-0.4, -0.2) is 20.7 Å². The summed E-state index contributed by atoms with van der Waals surface area (Å²) in [5.74, 6) is 0.914. The third-order valence-corrected chi connectivity index (χ3v) is 3.90. The van der Waals surface area contributed by atoms with Gasteiger partial charge in [-0.2, -0.15) is 5.10 Å². The second kappa shape index (κ2) is 4.68. The van der Waals surface area contributed by atoms with Crippen LogP contribution in [0.1, 0.15) is 26.7 Å². The van der Waals surface area contributed by atoms with Gasteiger partial charge in [0.1, 0.15) is 0 Å². The maximum atomic E-state index is 12.3. The Balaban J connectivity index is 2.09. The first-order valence-electron chi connectivity index (χ1n) is 6.13. The van der Waals surface area contributed by atoms with Gasteiger partial charge in [-0.1, -0.05) is 19.1 Å². The topological polar surface area (TPSA) is 72.9 Å². The Kier molecular flexibility index (Phi) is 3.38. The molecule has 1 aromatic heterocycles. The summed E-state index contributed by atoms with van der Waals surface area (Å²) in [6.07, 6.45) is 3.28. The fourth-order valence-corrected chi connectivity index (χ4v) is 2.73. The van der Waals surface area contributed by atoms with Crippen LogP contribution < -0.4 is 11.1 Å². The van der Waals surface area contributed by atoms with Gasteiger partial charge in [0.05, 0.1) is 10.4 Å². The molecule has 1 fully saturated rings. The molecule has 6 heteroatoms. The lowest BCUT2D eigenvalue weighted by Gasteiger charge is -2.43. The number of anilines is 1. The average molecular weight is 266 g/mol. The van der Waals surface area contributed by atoms with E-state index < -0.39 is 5.41 Å². The van der Waals surface area contributed by atoms with Gasteiger partial charge in [-0.3, -0.25) is 9.48 Å². The summed E-state index contributed by atoms with van der Waals surface area (Å²) in [5.41, 5.74) is 5.05. The maximum absolute atomic E-state index is 12.3. The number of rotatable bonds is 4. The molecule has 0 bridgehead atoms. The molecule has 18 heavy (non-hydrogen) atoms. The summed E-state index contributed by atoms with van der Waals surface area (Å²) in [7, 11) is 0. The predicted octanol–water partition coefficient (Wildman–Crippen LogP) is 1.54. The van der Waals surface area contributed by atoms with Crippen molar-refractivity contribution < 1.29 is 4.79 Å². The molecule has 0 aliphatic heterocycles. The number of aryl methyl sites for hydroxylation is 1. The van der Waals surface area contributed by atoms with Gasteiger partial charge in [0, 0.05) is 18.8 Å². The van der Waals surface area contributed by atoms with E-state index in [0.717, 1.165) is 19.4 Å². The van der Waals surface area contributed by atoms with Crippen molar-refractivity contribution in [2.24, 2.45) is 17.1 Å². The van der Waals surface area contributed by atoms with Crippen LogP contribution in [0.5, 0.6) is 0 Å². The molecule has 1 heterocycles. The van der Waals surface area contributed by atoms with Crippen LogP contribution in [0.4, 0.5) is 5.82 Å². The summed E-state index contributed by atoms with van der Waals surface area (Å²) < 4.78 is 1.76. The minimum absolute atomic E-state index is 0.130. The standard InChI is InChI=1S/C12H18N4OS/c1-3-16-5-4-9(15-16)14-11(17)12(10(13)18)6-8(2)7-12/h4-5,8H,3,6-7H2,1-2H3,(H2,13,18)(H,14,15,17). The highest BCUT2D eigenvalue weighted by molar-refractivity contribution is 7.80. The van der Waals surface area contributed by atoms with Crippen LogP contribution in [0, 0.1) is 11.3 Å². The quantitative estimate of drug-likeness (QED) is 0.811. The number of nitrogens with two attached hydrogens (primary N) is 1. The number of carbonyl (C=O) groups excluding carboxylic acids is 1. The van der Waals surface area contributed by atoms with Gasteiger partial charge in [0.15, 0.2) is 5.82 Å². The summed E-state index contributed by atoms with van der Waals surface area (Å²) in [4.78, 5) is 12.6. The normalized spacial score (nSPS) is 26.4. The molecule has 1 aliphatic carbocycles. The third-order valence-electron chi connectivity index (χ3n) is 3.51. The Bertz CT molecular complexity index is 476. The molecule has 5 nitrogen and oxygen atoms in total. The molecule has 2 rings (SSSR count). The minimum Gasteiger partial charge on any atom is -0.392 e. The van der Waals surface area contributed by atoms with E-state index in [1.165, 1.54) is 0 Å². The molecule has 0 saturated heterocycles. The molecule has 98 valence electrons. The van der Waals surface area contributed by atoms with Crippen LogP contribution in [-0.2, 0) is 11.3 Å². The van der Waals surface area contributed by atoms with Crippen molar-refractivity contribution in [2.75, 3.05) is 5.32 Å². The Morgan fingerprint density at radius 1 is 1.72 bits per heavy atom. The second-order valence-corrected chi connectivity index (χ2v) is 5.41. The monoisotopic (exact) mass is 266 g/mol. The number of nitrogens with zero attached hydrogens (tertiary/aromatic N) is 2. The van der Waals surface area contributed by atoms with E-state index in [1.54, 1.807) is 10.7 Å². The highest BCUT2D eigenvalue weighted by Crippen LogP contribution is 2.46. The van der Waals surface area contributed by atoms with Crippen molar-refractivity contribution >= 4 is 28.9 Å². The first-order valence-corrected chi connectivity index (χ1v) is 6.53. The van der Waals surface area contributed by atoms with Crippen LogP contribution in [0.2, 0.25) is 0 Å². The highest BCUT2D eigenvalue weighted by Gasteiger charge is 2.50. The van der Waals surface area contributed by atoms with E-state index in [-0.39, 0.29) is 10.9 Å². The van der Waals surface area contributed by atoms with Gasteiger partial charge >= 0.3 is 0 Å². The number of carbonyl (C=O) groups is 1. The summed E-state index contributed by atoms with van der Waals surface area (Å²) in [6.45, 7) is 4.85. The van der Waals surface area contributed by atoms with Crippen molar-refractivity contribution in [2.45, 2.75) is 33.2 Å². The van der Waals surface area contributed by atoms with Crippen molar-refractivity contribution in [1.29, 1.82) is 0 Å². The fraction of sp³-hybridized carbons (Fsp3) is 0.583. The number of nitrogens with one attached hydrogen (secondary N) is 1. The maximum Gasteiger partial charge on any atom is 0.238 e. The van der Waals surface area contributed by atoms with Crippen molar-refractivity contribution in [3.05, 3.63) is 12.3 Å². The smallest absolute Gasteiger partial charge is 0.238 e. The first-order chi connectivity index (χ1) is 8.48. The van der Waals surface area contributed by atoms with Crippen molar-refractivity contribution in [3.8, 4) is 0 Å². The van der Waals surface area contributed by atoms with Gasteiger partial charge in [-0.25, -0.2) is 0 Å². The van der Waals surface area contributed by atoms with Crippen molar-refractivity contribution in [3.63, 3.8) is 0 Å². The largest absolute Gasteiger partial charge is 0.392 e. The minimum atomic E-state index is -0.676. The molecule has 1 aliphatic rings. The number of aromatic nitrogens is 2. The summed E-state index contributed by atoms with van der Waals surface area (Å²) in [6, 6.07) is 1.77. The molecule has 3 N–H and O–H groups in total. The Hall–Kier alpha value is -1.43. The Labute approximate surface area is 112 Å². The number of thiocarbonyl (C=S) groups is 1. The predicted molar refractivity (Wildman–Crippen MR) is 74.1 cm³/mol. The highest BCUT2D eigenvalue weighted by atomic mass is 32.1. The lowest BCUT2D eigenvalue weighted by Crippen LogP contribution is -2.53. The Morgan fingerprint density at radius 2 is 2.39 bits per heavy atom. The molecular formula is C12H18N4OS. The van der Waals surface area contributed by atoms with Gasteiger partial charge in [0.2, 0.25) is 5.91 Å². The SMILES string of the molecule is CCn1ccc(NC(=O)C2(C(N)=S)CC(C)C2)n1. The van der Waals surface area contributed by atoms with E-state index in [2.05, 4.69) is 17.3 Å². The molecule has 1 amide bonds. The lowest BCUT2D eigenvalue weighted by molar-refractivity contribution is -0.127. The van der Waals surface area contributed by atoms with Crippen LogP contribution in [0.15, 0.2) is 12.3 Å². The fourth-order valence-electron chi connectivity index (χ4n) is 2.47. The molecule has 1 saturated carbocycles. The molecule has 0 aromatic carbocycles. The lowest BCUT2D eigenvalue weighted by atomic mass is 9.62. The molecule has 0 unspecified atom stereocenters. The molecular weight excluding hydrogens is 248 g/mol. The second-order valence-electron chi connectivity index (χ2n) is 4.97. The zero-order chi connectivity index (χ0) is 13.3. The molecule has 0 atom stereocenters. The third kappa shape index (κ3) is 2.12. The Morgan fingerprint density at radius 3 is 2.83 bits per heavy atom. The number of amides is 1. The van der Waals surface area contributed by atoms with Crippen LogP contribution >= 0.6 is 12.2 Å². The van der Waals surface area contributed by atoms with E-state index in [4.69, 9.17) is 18.0 Å². The number of hydrogen-bond acceptors (Lipinski definition) is 3. The average Bonchev–Trinajstić information content (AvgIpc) is 2.71. The zero-order valence-corrected chi connectivity index (χ0v) is 11.5. The van der Waals surface area contributed by atoms with E-state index >= 15 is 0 Å². The van der Waals surface area contributed by atoms with E-state index in [0.29, 0.717) is 11.7 Å². The van der Waals surface area contributed by atoms with E-state index in [9.17, 15) is 4.79 Å². The van der Waals surface area contributed by atoms with E-state index in [1.807, 2.05) is 13.1 Å². The number of hydrogen-bond donors (Lipinski definition) is 2. The van der Waals surface area contributed by atoms with Gasteiger partial charge < -0.3 is 11.1 Å². The van der Waals surface area contributed by atoms with Gasteiger partial charge in [-0.05, 0) is 25.7 Å². The van der Waals surface area contributed by atoms with Crippen LogP contribution in [0.25, 0.3) is 0 Å². The van der Waals surface area contributed by atoms with Gasteiger partial charge in [-0.15, -0.1) is 0 Å². The van der Waals surface area contributed by atoms with Gasteiger partial charge in [0.25, 0.3) is 0 Å². The summed E-state index contributed by atoms with van der Waals surface area (Å²) >= 11 is 5.05. The van der Waals surface area contributed by atoms with Crippen LogP contribution in [0.3, 0.4) is 0 Å². The first kappa shape index (κ1) is 13.0. The zero-order valence-electron chi connectivity index (χ0n) is 10.6. The molecule has 0 radical (unpaired) electrons. The van der Waals surface area contributed by atoms with Crippen molar-refractivity contribution in [1.82, 2.24) is 9.78 Å². The molecule has 1 aromatic rings.